The van der Waals surface area contributed by atoms with Crippen LogP contribution >= 0.6 is 0 Å². The minimum absolute atomic E-state index is 0.215. The van der Waals surface area contributed by atoms with Gasteiger partial charge in [0.15, 0.2) is 5.82 Å². The molecule has 1 aromatic heterocycles. The SMILES string of the molecule is CCn1ccnc1C(=O)C1CCC(C)C1. The highest BCUT2D eigenvalue weighted by Gasteiger charge is 2.30. The number of hydrogen-bond donors (Lipinski definition) is 0. The molecule has 0 radical (unpaired) electrons. The smallest absolute Gasteiger partial charge is 0.201 e. The fraction of sp³-hybridized carbons (Fsp3) is 0.667. The van der Waals surface area contributed by atoms with Crippen molar-refractivity contribution < 1.29 is 4.79 Å². The van der Waals surface area contributed by atoms with Gasteiger partial charge in [-0.15, -0.1) is 0 Å². The second-order valence-corrected chi connectivity index (χ2v) is 4.52. The first-order valence-corrected chi connectivity index (χ1v) is 5.77. The molecule has 0 N–H and O–H groups in total. The number of rotatable bonds is 3. The van der Waals surface area contributed by atoms with Crippen molar-refractivity contribution in [1.29, 1.82) is 0 Å². The number of carbonyl (C=O) groups excluding carboxylic acids is 1. The van der Waals surface area contributed by atoms with E-state index in [9.17, 15) is 4.79 Å². The summed E-state index contributed by atoms with van der Waals surface area (Å²) in [7, 11) is 0. The molecule has 2 atom stereocenters. The first-order chi connectivity index (χ1) is 7.22. The Hall–Kier alpha value is -1.12. The van der Waals surface area contributed by atoms with Crippen LogP contribution in [0.3, 0.4) is 0 Å². The Morgan fingerprint density at radius 1 is 1.60 bits per heavy atom. The van der Waals surface area contributed by atoms with Crippen molar-refractivity contribution in [2.45, 2.75) is 39.7 Å². The van der Waals surface area contributed by atoms with E-state index in [0.29, 0.717) is 11.7 Å². The number of aromatic nitrogens is 2. The highest BCUT2D eigenvalue weighted by atomic mass is 16.1. The van der Waals surface area contributed by atoms with Crippen molar-refractivity contribution in [2.24, 2.45) is 11.8 Å². The van der Waals surface area contributed by atoms with Crippen LogP contribution in [-0.4, -0.2) is 15.3 Å². The van der Waals surface area contributed by atoms with Crippen molar-refractivity contribution in [2.75, 3.05) is 0 Å². The van der Waals surface area contributed by atoms with Crippen molar-refractivity contribution in [3.8, 4) is 0 Å². The lowest BCUT2D eigenvalue weighted by Gasteiger charge is -2.09. The maximum absolute atomic E-state index is 12.2. The molecule has 1 heterocycles. The molecule has 0 spiro atoms. The van der Waals surface area contributed by atoms with Crippen LogP contribution in [-0.2, 0) is 6.54 Å². The largest absolute Gasteiger partial charge is 0.329 e. The molecule has 3 nitrogen and oxygen atoms in total. The van der Waals surface area contributed by atoms with Crippen LogP contribution in [0.2, 0.25) is 0 Å². The van der Waals surface area contributed by atoms with E-state index in [-0.39, 0.29) is 11.7 Å². The summed E-state index contributed by atoms with van der Waals surface area (Å²) in [6.07, 6.45) is 6.86. The summed E-state index contributed by atoms with van der Waals surface area (Å²) in [5.74, 6) is 1.81. The molecule has 82 valence electrons. The molecule has 3 heteroatoms. The standard InChI is InChI=1S/C12H18N2O/c1-3-14-7-6-13-12(14)11(15)10-5-4-9(2)8-10/h6-7,9-10H,3-5,8H2,1-2H3. The molecule has 2 unspecified atom stereocenters. The maximum Gasteiger partial charge on any atom is 0.201 e. The molecule has 1 aliphatic rings. The predicted octanol–water partition coefficient (Wildman–Crippen LogP) is 2.52. The van der Waals surface area contributed by atoms with Gasteiger partial charge in [-0.25, -0.2) is 4.98 Å². The molecular formula is C12H18N2O. The Morgan fingerprint density at radius 2 is 2.40 bits per heavy atom. The van der Waals surface area contributed by atoms with Gasteiger partial charge < -0.3 is 4.57 Å². The van der Waals surface area contributed by atoms with Gasteiger partial charge in [0.2, 0.25) is 5.78 Å². The predicted molar refractivity (Wildman–Crippen MR) is 58.7 cm³/mol. The van der Waals surface area contributed by atoms with Gasteiger partial charge in [-0.3, -0.25) is 4.79 Å². The van der Waals surface area contributed by atoms with Gasteiger partial charge in [0.1, 0.15) is 0 Å². The fourth-order valence-electron chi connectivity index (χ4n) is 2.42. The van der Waals surface area contributed by atoms with E-state index >= 15 is 0 Å². The summed E-state index contributed by atoms with van der Waals surface area (Å²) in [6, 6.07) is 0. The highest BCUT2D eigenvalue weighted by Crippen LogP contribution is 2.32. The van der Waals surface area contributed by atoms with E-state index in [1.165, 1.54) is 6.42 Å². The summed E-state index contributed by atoms with van der Waals surface area (Å²) < 4.78 is 1.94. The number of nitrogens with zero attached hydrogens (tertiary/aromatic N) is 2. The topological polar surface area (TPSA) is 34.9 Å². The number of ketones is 1. The zero-order chi connectivity index (χ0) is 10.8. The Balaban J connectivity index is 2.14. The van der Waals surface area contributed by atoms with Gasteiger partial charge in [-0.1, -0.05) is 6.92 Å². The second-order valence-electron chi connectivity index (χ2n) is 4.52. The molecular weight excluding hydrogens is 188 g/mol. The van der Waals surface area contributed by atoms with Crippen LogP contribution in [0.5, 0.6) is 0 Å². The average molecular weight is 206 g/mol. The number of hydrogen-bond acceptors (Lipinski definition) is 2. The molecule has 0 bridgehead atoms. The van der Waals surface area contributed by atoms with Gasteiger partial charge in [0.25, 0.3) is 0 Å². The summed E-state index contributed by atoms with van der Waals surface area (Å²) in [5.41, 5.74) is 0. The van der Waals surface area contributed by atoms with Crippen molar-refractivity contribution in [3.63, 3.8) is 0 Å². The first kappa shape index (κ1) is 10.4. The quantitative estimate of drug-likeness (QED) is 0.712. The Kier molecular flexibility index (Phi) is 2.89. The van der Waals surface area contributed by atoms with Gasteiger partial charge in [0, 0.05) is 24.9 Å². The Bertz CT molecular complexity index is 356. The third-order valence-corrected chi connectivity index (χ3v) is 3.34. The van der Waals surface area contributed by atoms with Crippen LogP contribution in [0.1, 0.15) is 43.7 Å². The minimum atomic E-state index is 0.215. The van der Waals surface area contributed by atoms with E-state index in [1.54, 1.807) is 6.20 Å². The number of Topliss-reactive ketones (excluding diaryl/α,β-unsaturated/α-hetero) is 1. The molecule has 0 saturated heterocycles. The third kappa shape index (κ3) is 1.96. The van der Waals surface area contributed by atoms with Gasteiger partial charge >= 0.3 is 0 Å². The lowest BCUT2D eigenvalue weighted by molar-refractivity contribution is 0.0905. The van der Waals surface area contributed by atoms with E-state index in [0.717, 1.165) is 19.4 Å². The van der Waals surface area contributed by atoms with Gasteiger partial charge in [0.05, 0.1) is 0 Å². The van der Waals surface area contributed by atoms with Crippen LogP contribution in [0.4, 0.5) is 0 Å². The number of imidazole rings is 1. The van der Waals surface area contributed by atoms with E-state index in [2.05, 4.69) is 11.9 Å². The Labute approximate surface area is 90.5 Å². The molecule has 1 aliphatic carbocycles. The molecule has 0 aliphatic heterocycles. The van der Waals surface area contributed by atoms with E-state index < -0.39 is 0 Å². The van der Waals surface area contributed by atoms with Crippen LogP contribution in [0, 0.1) is 11.8 Å². The van der Waals surface area contributed by atoms with Crippen LogP contribution < -0.4 is 0 Å². The summed E-state index contributed by atoms with van der Waals surface area (Å²) in [5, 5.41) is 0. The molecule has 1 aromatic rings. The van der Waals surface area contributed by atoms with Crippen LogP contribution in [0.15, 0.2) is 12.4 Å². The third-order valence-electron chi connectivity index (χ3n) is 3.34. The lowest BCUT2D eigenvalue weighted by atomic mass is 10.0. The normalized spacial score (nSPS) is 25.7. The van der Waals surface area contributed by atoms with Crippen molar-refractivity contribution in [3.05, 3.63) is 18.2 Å². The molecule has 1 saturated carbocycles. The molecule has 2 rings (SSSR count). The maximum atomic E-state index is 12.2. The van der Waals surface area contributed by atoms with E-state index in [1.807, 2.05) is 17.7 Å². The average Bonchev–Trinajstić information content (AvgIpc) is 2.84. The molecule has 0 aromatic carbocycles. The van der Waals surface area contributed by atoms with E-state index in [4.69, 9.17) is 0 Å². The molecule has 1 fully saturated rings. The highest BCUT2D eigenvalue weighted by molar-refractivity contribution is 5.94. The minimum Gasteiger partial charge on any atom is -0.329 e. The van der Waals surface area contributed by atoms with Crippen molar-refractivity contribution >= 4 is 5.78 Å². The molecule has 15 heavy (non-hydrogen) atoms. The van der Waals surface area contributed by atoms with Gasteiger partial charge in [-0.05, 0) is 32.1 Å². The summed E-state index contributed by atoms with van der Waals surface area (Å²) >= 11 is 0. The fourth-order valence-corrected chi connectivity index (χ4v) is 2.42. The number of carbonyl (C=O) groups is 1. The van der Waals surface area contributed by atoms with Crippen LogP contribution in [0.25, 0.3) is 0 Å². The summed E-state index contributed by atoms with van der Waals surface area (Å²) in [6.45, 7) is 5.08. The zero-order valence-corrected chi connectivity index (χ0v) is 9.44. The second kappa shape index (κ2) is 4.17. The van der Waals surface area contributed by atoms with Gasteiger partial charge in [-0.2, -0.15) is 0 Å². The monoisotopic (exact) mass is 206 g/mol. The lowest BCUT2D eigenvalue weighted by Crippen LogP contribution is -2.17. The molecule has 0 amide bonds. The first-order valence-electron chi connectivity index (χ1n) is 5.77. The summed E-state index contributed by atoms with van der Waals surface area (Å²) in [4.78, 5) is 16.3. The zero-order valence-electron chi connectivity index (χ0n) is 9.44. The van der Waals surface area contributed by atoms with Crippen molar-refractivity contribution in [1.82, 2.24) is 9.55 Å². The Morgan fingerprint density at radius 3 is 3.00 bits per heavy atom. The number of aryl methyl sites for hydroxylation is 1.